The molecule has 1 aromatic carbocycles. The first-order chi connectivity index (χ1) is 7.73. The maximum Gasteiger partial charge on any atom is 0.0952 e. The molecule has 1 aliphatic carbocycles. The number of H-pyrrole nitrogens is 1. The van der Waals surface area contributed by atoms with Crippen molar-refractivity contribution in [3.8, 4) is 0 Å². The lowest BCUT2D eigenvalue weighted by molar-refractivity contribution is -0.132. The predicted octanol–water partition coefficient (Wildman–Crippen LogP) is 2.16. The Labute approximate surface area is 94.0 Å². The minimum Gasteiger partial charge on any atom is -0.385 e. The van der Waals surface area contributed by atoms with Gasteiger partial charge in [-0.05, 0) is 17.7 Å². The molecular weight excluding hydrogens is 202 g/mol. The first kappa shape index (κ1) is 9.87. The molecule has 1 fully saturated rings. The molecule has 84 valence electrons. The molecular formula is C13H15NO2. The molecule has 16 heavy (non-hydrogen) atoms. The first-order valence-electron chi connectivity index (χ1n) is 5.55. The largest absolute Gasteiger partial charge is 0.385 e. The Morgan fingerprint density at radius 1 is 1.38 bits per heavy atom. The highest BCUT2D eigenvalue weighted by molar-refractivity contribution is 5.83. The van der Waals surface area contributed by atoms with E-state index in [1.807, 2.05) is 30.5 Å². The van der Waals surface area contributed by atoms with Gasteiger partial charge in [0.15, 0.2) is 0 Å². The van der Waals surface area contributed by atoms with Crippen LogP contribution in [0.5, 0.6) is 0 Å². The fraction of sp³-hybridized carbons (Fsp3) is 0.385. The van der Waals surface area contributed by atoms with Crippen LogP contribution in [0.1, 0.15) is 18.4 Å². The van der Waals surface area contributed by atoms with E-state index in [9.17, 15) is 5.11 Å². The molecule has 0 amide bonds. The molecule has 1 saturated carbocycles. The van der Waals surface area contributed by atoms with Crippen LogP contribution >= 0.6 is 0 Å². The summed E-state index contributed by atoms with van der Waals surface area (Å²) in [5.74, 6) is 0. The highest BCUT2D eigenvalue weighted by Gasteiger charge is 2.45. The molecule has 0 bridgehead atoms. The monoisotopic (exact) mass is 217 g/mol. The quantitative estimate of drug-likeness (QED) is 0.809. The number of benzene rings is 1. The summed E-state index contributed by atoms with van der Waals surface area (Å²) in [5, 5.41) is 11.6. The molecule has 3 rings (SSSR count). The lowest BCUT2D eigenvalue weighted by Crippen LogP contribution is -2.45. The van der Waals surface area contributed by atoms with E-state index in [-0.39, 0.29) is 6.10 Å². The van der Waals surface area contributed by atoms with Crippen LogP contribution in [-0.2, 0) is 10.3 Å². The van der Waals surface area contributed by atoms with E-state index < -0.39 is 5.60 Å². The number of aromatic nitrogens is 1. The number of aromatic amines is 1. The SMILES string of the molecule is COC1CC(O)(c2cccc3[nH]ccc23)C1. The minimum atomic E-state index is -0.706. The number of nitrogens with one attached hydrogen (secondary N) is 1. The molecule has 2 aromatic rings. The van der Waals surface area contributed by atoms with Crippen LogP contribution in [0.15, 0.2) is 30.5 Å². The van der Waals surface area contributed by atoms with E-state index in [4.69, 9.17) is 4.74 Å². The van der Waals surface area contributed by atoms with Crippen LogP contribution in [0.2, 0.25) is 0 Å². The number of hydrogen-bond acceptors (Lipinski definition) is 2. The van der Waals surface area contributed by atoms with Gasteiger partial charge in [-0.3, -0.25) is 0 Å². The number of fused-ring (bicyclic) bond motifs is 1. The van der Waals surface area contributed by atoms with Crippen LogP contribution in [0, 0.1) is 0 Å². The van der Waals surface area contributed by atoms with Crippen molar-refractivity contribution in [3.05, 3.63) is 36.0 Å². The molecule has 1 heterocycles. The lowest BCUT2D eigenvalue weighted by Gasteiger charge is -2.43. The third-order valence-corrected chi connectivity index (χ3v) is 3.56. The highest BCUT2D eigenvalue weighted by Crippen LogP contribution is 2.44. The van der Waals surface area contributed by atoms with Gasteiger partial charge >= 0.3 is 0 Å². The third kappa shape index (κ3) is 1.29. The van der Waals surface area contributed by atoms with Crippen molar-refractivity contribution in [2.75, 3.05) is 7.11 Å². The molecule has 0 aliphatic heterocycles. The summed E-state index contributed by atoms with van der Waals surface area (Å²) < 4.78 is 5.23. The van der Waals surface area contributed by atoms with Gasteiger partial charge in [-0.2, -0.15) is 0 Å². The first-order valence-corrected chi connectivity index (χ1v) is 5.55. The molecule has 1 aromatic heterocycles. The van der Waals surface area contributed by atoms with Gasteiger partial charge in [-0.15, -0.1) is 0 Å². The van der Waals surface area contributed by atoms with Crippen molar-refractivity contribution in [1.29, 1.82) is 0 Å². The highest BCUT2D eigenvalue weighted by atomic mass is 16.5. The van der Waals surface area contributed by atoms with Crippen LogP contribution < -0.4 is 0 Å². The summed E-state index contributed by atoms with van der Waals surface area (Å²) in [7, 11) is 1.70. The summed E-state index contributed by atoms with van der Waals surface area (Å²) in [6.45, 7) is 0. The summed E-state index contributed by atoms with van der Waals surface area (Å²) in [5.41, 5.74) is 1.38. The summed E-state index contributed by atoms with van der Waals surface area (Å²) >= 11 is 0. The number of rotatable bonds is 2. The molecule has 0 atom stereocenters. The Morgan fingerprint density at radius 3 is 2.94 bits per heavy atom. The molecule has 1 aliphatic rings. The van der Waals surface area contributed by atoms with Crippen molar-refractivity contribution in [2.24, 2.45) is 0 Å². The fourth-order valence-corrected chi connectivity index (χ4v) is 2.57. The predicted molar refractivity (Wildman–Crippen MR) is 62.2 cm³/mol. The Morgan fingerprint density at radius 2 is 2.19 bits per heavy atom. The van der Waals surface area contributed by atoms with E-state index in [1.54, 1.807) is 7.11 Å². The molecule has 0 saturated heterocycles. The molecule has 3 heteroatoms. The van der Waals surface area contributed by atoms with Crippen molar-refractivity contribution in [1.82, 2.24) is 4.98 Å². The second-order valence-electron chi connectivity index (χ2n) is 4.54. The zero-order valence-corrected chi connectivity index (χ0v) is 9.23. The number of hydrogen-bond donors (Lipinski definition) is 2. The van der Waals surface area contributed by atoms with E-state index >= 15 is 0 Å². The average molecular weight is 217 g/mol. The Balaban J connectivity index is 2.03. The van der Waals surface area contributed by atoms with Gasteiger partial charge in [0.2, 0.25) is 0 Å². The second-order valence-corrected chi connectivity index (χ2v) is 4.54. The van der Waals surface area contributed by atoms with Gasteiger partial charge < -0.3 is 14.8 Å². The summed E-state index contributed by atoms with van der Waals surface area (Å²) in [6, 6.07) is 8.02. The van der Waals surface area contributed by atoms with Gasteiger partial charge in [-0.25, -0.2) is 0 Å². The van der Waals surface area contributed by atoms with Gasteiger partial charge in [0.25, 0.3) is 0 Å². The topological polar surface area (TPSA) is 45.2 Å². The van der Waals surface area contributed by atoms with E-state index in [0.717, 1.165) is 16.5 Å². The molecule has 0 radical (unpaired) electrons. The molecule has 0 spiro atoms. The molecule has 3 nitrogen and oxygen atoms in total. The Hall–Kier alpha value is -1.32. The average Bonchev–Trinajstić information content (AvgIpc) is 2.72. The zero-order chi connectivity index (χ0) is 11.2. The van der Waals surface area contributed by atoms with Gasteiger partial charge in [0, 0.05) is 37.1 Å². The lowest BCUT2D eigenvalue weighted by atomic mass is 9.72. The fourth-order valence-electron chi connectivity index (χ4n) is 2.57. The Bertz CT molecular complexity index is 511. The van der Waals surface area contributed by atoms with E-state index in [0.29, 0.717) is 12.8 Å². The standard InChI is InChI=1S/C13H15NO2/c1-16-9-7-13(15,8-9)11-3-2-4-12-10(11)5-6-14-12/h2-6,9,14-15H,7-8H2,1H3. The van der Waals surface area contributed by atoms with Crippen molar-refractivity contribution in [2.45, 2.75) is 24.5 Å². The maximum absolute atomic E-state index is 10.5. The van der Waals surface area contributed by atoms with Crippen molar-refractivity contribution >= 4 is 10.9 Å². The summed E-state index contributed by atoms with van der Waals surface area (Å²) in [6.07, 6.45) is 3.48. The second kappa shape index (κ2) is 3.34. The van der Waals surface area contributed by atoms with Gasteiger partial charge in [0.1, 0.15) is 0 Å². The molecule has 2 N–H and O–H groups in total. The smallest absolute Gasteiger partial charge is 0.0952 e. The maximum atomic E-state index is 10.5. The number of ether oxygens (including phenoxy) is 1. The van der Waals surface area contributed by atoms with Crippen LogP contribution in [0.25, 0.3) is 10.9 Å². The zero-order valence-electron chi connectivity index (χ0n) is 9.23. The van der Waals surface area contributed by atoms with Crippen molar-refractivity contribution in [3.63, 3.8) is 0 Å². The Kier molecular flexibility index (Phi) is 2.06. The summed E-state index contributed by atoms with van der Waals surface area (Å²) in [4.78, 5) is 3.16. The minimum absolute atomic E-state index is 0.194. The van der Waals surface area contributed by atoms with Gasteiger partial charge in [-0.1, -0.05) is 12.1 Å². The normalized spacial score (nSPS) is 29.2. The van der Waals surface area contributed by atoms with Crippen molar-refractivity contribution < 1.29 is 9.84 Å². The van der Waals surface area contributed by atoms with Crippen LogP contribution in [-0.4, -0.2) is 23.3 Å². The third-order valence-electron chi connectivity index (χ3n) is 3.56. The number of aliphatic hydroxyl groups is 1. The van der Waals surface area contributed by atoms with E-state index in [2.05, 4.69) is 4.98 Å². The van der Waals surface area contributed by atoms with Crippen LogP contribution in [0.4, 0.5) is 0 Å². The molecule has 0 unspecified atom stereocenters. The van der Waals surface area contributed by atoms with Crippen LogP contribution in [0.3, 0.4) is 0 Å². The number of methoxy groups -OCH3 is 1. The van der Waals surface area contributed by atoms with Gasteiger partial charge in [0.05, 0.1) is 11.7 Å². The van der Waals surface area contributed by atoms with E-state index in [1.165, 1.54) is 0 Å².